The van der Waals surface area contributed by atoms with Gasteiger partial charge in [-0.1, -0.05) is 127 Å². The highest BCUT2D eigenvalue weighted by Gasteiger charge is 2.19. The van der Waals surface area contributed by atoms with Gasteiger partial charge in [-0.15, -0.1) is 0 Å². The second kappa shape index (κ2) is 8.55. The number of rotatable bonds is 2. The SMILES string of the molecule is [2H]c1c([2H])c([2H])c2c(-c3cccc4ccccc34)c3c([2H])c([2H])c([2H])c([2H])c3c(-c3ccc4c(c3)oc3c5ccccc5ccc43)c2c1[2H]. The zero-order valence-corrected chi connectivity index (χ0v) is 21.6. The molecule has 0 atom stereocenters. The monoisotopic (exact) mass is 528 g/mol. The summed E-state index contributed by atoms with van der Waals surface area (Å²) in [6, 6.07) is 27.9. The van der Waals surface area contributed by atoms with E-state index in [0.717, 1.165) is 37.9 Å². The summed E-state index contributed by atoms with van der Waals surface area (Å²) in [5, 5.41) is 6.15. The van der Waals surface area contributed by atoms with Gasteiger partial charge in [-0.05, 0) is 78.2 Å². The molecule has 1 nitrogen and oxygen atoms in total. The van der Waals surface area contributed by atoms with Crippen molar-refractivity contribution >= 4 is 65.0 Å². The molecule has 9 rings (SSSR count). The smallest absolute Gasteiger partial charge is 0.143 e. The van der Waals surface area contributed by atoms with E-state index in [1.807, 2.05) is 91.0 Å². The van der Waals surface area contributed by atoms with Crippen molar-refractivity contribution in [2.45, 2.75) is 0 Å². The van der Waals surface area contributed by atoms with Crippen molar-refractivity contribution in [2.24, 2.45) is 0 Å². The molecular weight excluding hydrogens is 496 g/mol. The van der Waals surface area contributed by atoms with Crippen LogP contribution in [0.1, 0.15) is 11.0 Å². The fourth-order valence-electron chi connectivity index (χ4n) is 6.29. The number of hydrogen-bond acceptors (Lipinski definition) is 1. The molecular formula is C40H24O. The van der Waals surface area contributed by atoms with Gasteiger partial charge in [-0.25, -0.2) is 0 Å². The first kappa shape index (κ1) is 16.0. The Morgan fingerprint density at radius 2 is 1.02 bits per heavy atom. The van der Waals surface area contributed by atoms with Gasteiger partial charge in [-0.3, -0.25) is 0 Å². The van der Waals surface area contributed by atoms with E-state index in [1.54, 1.807) is 6.07 Å². The first-order valence-electron chi connectivity index (χ1n) is 17.5. The lowest BCUT2D eigenvalue weighted by atomic mass is 9.84. The van der Waals surface area contributed by atoms with Gasteiger partial charge in [0, 0.05) is 16.2 Å². The average Bonchev–Trinajstić information content (AvgIpc) is 3.51. The minimum atomic E-state index is -0.431. The summed E-state index contributed by atoms with van der Waals surface area (Å²) in [4.78, 5) is 0. The third-order valence-corrected chi connectivity index (χ3v) is 8.09. The highest BCUT2D eigenvalue weighted by atomic mass is 16.3. The summed E-state index contributed by atoms with van der Waals surface area (Å²) in [5.41, 5.74) is 3.00. The van der Waals surface area contributed by atoms with E-state index in [2.05, 4.69) is 0 Å². The van der Waals surface area contributed by atoms with Gasteiger partial charge in [-0.2, -0.15) is 0 Å². The highest BCUT2D eigenvalue weighted by molar-refractivity contribution is 6.24. The van der Waals surface area contributed by atoms with Gasteiger partial charge in [0.1, 0.15) is 11.2 Å². The zero-order valence-electron chi connectivity index (χ0n) is 29.6. The number of furan rings is 1. The molecule has 0 amide bonds. The van der Waals surface area contributed by atoms with Crippen LogP contribution in [0.2, 0.25) is 0 Å². The lowest BCUT2D eigenvalue weighted by Gasteiger charge is -2.18. The zero-order chi connectivity index (χ0) is 33.9. The molecule has 0 aliphatic carbocycles. The van der Waals surface area contributed by atoms with Gasteiger partial charge in [0.2, 0.25) is 0 Å². The Morgan fingerprint density at radius 1 is 0.439 bits per heavy atom. The molecule has 190 valence electrons. The molecule has 0 fully saturated rings. The van der Waals surface area contributed by atoms with E-state index in [4.69, 9.17) is 9.90 Å². The van der Waals surface area contributed by atoms with E-state index < -0.39 is 24.2 Å². The van der Waals surface area contributed by atoms with Crippen LogP contribution in [0.15, 0.2) is 150 Å². The van der Waals surface area contributed by atoms with Crippen molar-refractivity contribution in [3.05, 3.63) is 145 Å². The maximum absolute atomic E-state index is 9.27. The lowest BCUT2D eigenvalue weighted by molar-refractivity contribution is 0.673. The predicted molar refractivity (Wildman–Crippen MR) is 175 cm³/mol. The largest absolute Gasteiger partial charge is 0.455 e. The summed E-state index contributed by atoms with van der Waals surface area (Å²) in [6.07, 6.45) is 0. The van der Waals surface area contributed by atoms with Crippen LogP contribution >= 0.6 is 0 Å². The van der Waals surface area contributed by atoms with Crippen LogP contribution in [0, 0.1) is 0 Å². The highest BCUT2D eigenvalue weighted by Crippen LogP contribution is 2.46. The molecule has 1 heteroatoms. The predicted octanol–water partition coefficient (Wildman–Crippen LogP) is 11.5. The Labute approximate surface area is 248 Å². The summed E-state index contributed by atoms with van der Waals surface area (Å²) in [6.45, 7) is 0. The molecule has 1 aromatic heterocycles. The van der Waals surface area contributed by atoms with Crippen molar-refractivity contribution in [3.8, 4) is 22.3 Å². The second-order valence-electron chi connectivity index (χ2n) is 10.3. The lowest BCUT2D eigenvalue weighted by Crippen LogP contribution is -1.91. The van der Waals surface area contributed by atoms with E-state index in [0.29, 0.717) is 27.8 Å². The van der Waals surface area contributed by atoms with E-state index in [1.165, 1.54) is 0 Å². The van der Waals surface area contributed by atoms with Crippen LogP contribution in [0.5, 0.6) is 0 Å². The Hall–Kier alpha value is -5.40. The number of fused-ring (bicyclic) bond motifs is 8. The molecule has 9 aromatic rings. The van der Waals surface area contributed by atoms with Crippen molar-refractivity contribution in [3.63, 3.8) is 0 Å². The van der Waals surface area contributed by atoms with Crippen molar-refractivity contribution in [1.82, 2.24) is 0 Å². The third-order valence-electron chi connectivity index (χ3n) is 8.09. The van der Waals surface area contributed by atoms with Crippen molar-refractivity contribution in [1.29, 1.82) is 0 Å². The molecule has 1 heterocycles. The summed E-state index contributed by atoms with van der Waals surface area (Å²) < 4.78 is 78.4. The molecule has 0 spiro atoms. The third kappa shape index (κ3) is 3.24. The summed E-state index contributed by atoms with van der Waals surface area (Å²) in [5.74, 6) is 0. The minimum Gasteiger partial charge on any atom is -0.455 e. The van der Waals surface area contributed by atoms with Crippen molar-refractivity contribution in [2.75, 3.05) is 0 Å². The molecule has 0 unspecified atom stereocenters. The molecule has 0 bridgehead atoms. The Balaban J connectivity index is 1.53. The Kier molecular flexibility index (Phi) is 3.34. The molecule has 0 radical (unpaired) electrons. The number of benzene rings is 8. The van der Waals surface area contributed by atoms with E-state index >= 15 is 0 Å². The average molecular weight is 529 g/mol. The van der Waals surface area contributed by atoms with Gasteiger partial charge in [0.25, 0.3) is 0 Å². The van der Waals surface area contributed by atoms with Crippen LogP contribution in [-0.2, 0) is 0 Å². The van der Waals surface area contributed by atoms with Gasteiger partial charge < -0.3 is 4.42 Å². The molecule has 0 saturated heterocycles. The normalized spacial score (nSPS) is 14.6. The molecule has 0 aliphatic rings. The minimum absolute atomic E-state index is 0.173. The first-order chi connectivity index (χ1) is 23.7. The van der Waals surface area contributed by atoms with Crippen LogP contribution in [-0.4, -0.2) is 0 Å². The second-order valence-corrected chi connectivity index (χ2v) is 10.3. The molecule has 8 aromatic carbocycles. The summed E-state index contributed by atoms with van der Waals surface area (Å²) >= 11 is 0. The maximum atomic E-state index is 9.27. The fourth-order valence-corrected chi connectivity index (χ4v) is 6.29. The molecule has 0 N–H and O–H groups in total. The quantitative estimate of drug-likeness (QED) is 0.203. The van der Waals surface area contributed by atoms with Gasteiger partial charge in [0.05, 0.1) is 11.0 Å². The van der Waals surface area contributed by atoms with E-state index in [9.17, 15) is 5.48 Å². The first-order valence-corrected chi connectivity index (χ1v) is 13.5. The van der Waals surface area contributed by atoms with Gasteiger partial charge >= 0.3 is 0 Å². The van der Waals surface area contributed by atoms with Crippen LogP contribution in [0.25, 0.3) is 87.3 Å². The fraction of sp³-hybridized carbons (Fsp3) is 0. The van der Waals surface area contributed by atoms with E-state index in [-0.39, 0.29) is 45.7 Å². The summed E-state index contributed by atoms with van der Waals surface area (Å²) in [7, 11) is 0. The van der Waals surface area contributed by atoms with Crippen LogP contribution in [0.4, 0.5) is 0 Å². The number of hydrogen-bond donors (Lipinski definition) is 0. The standard InChI is InChI=1S/C40H24O/c1-3-13-28-25(10-1)12-9-19-31(28)39-34-17-7-5-15-32(34)38(33-16-6-8-18-35(33)39)27-21-22-30-36-23-20-26-11-2-4-14-29(26)40(36)41-37(30)24-27/h1-24H/i5D,6D,7D,8D,15D,16D,17D,18D. The Bertz CT molecular complexity index is 2840. The van der Waals surface area contributed by atoms with Gasteiger partial charge in [0.15, 0.2) is 0 Å². The Morgan fingerprint density at radius 3 is 1.76 bits per heavy atom. The van der Waals surface area contributed by atoms with Crippen molar-refractivity contribution < 1.29 is 15.4 Å². The van der Waals surface area contributed by atoms with Crippen LogP contribution in [0.3, 0.4) is 0 Å². The maximum Gasteiger partial charge on any atom is 0.143 e. The molecule has 0 saturated carbocycles. The molecule has 0 aliphatic heterocycles. The topological polar surface area (TPSA) is 13.1 Å². The van der Waals surface area contributed by atoms with Crippen LogP contribution < -0.4 is 0 Å². The molecule has 41 heavy (non-hydrogen) atoms.